The lowest BCUT2D eigenvalue weighted by atomic mass is 9.97. The Morgan fingerprint density at radius 1 is 1.00 bits per heavy atom. The van der Waals surface area contributed by atoms with Crippen LogP contribution in [0.1, 0.15) is 55.4 Å². The number of hydrogen-bond acceptors (Lipinski definition) is 6. The van der Waals surface area contributed by atoms with E-state index in [1.807, 2.05) is 6.92 Å². The summed E-state index contributed by atoms with van der Waals surface area (Å²) in [5.74, 6) is 3.61. The maximum absolute atomic E-state index is 4.58. The lowest BCUT2D eigenvalue weighted by Gasteiger charge is -2.33. The third-order valence-electron chi connectivity index (χ3n) is 5.75. The minimum Gasteiger partial charge on any atom is -0.354 e. The standard InChI is InChI=1S/C19H29N7/c1-15-18(21-9-8-20-15)26-12-6-7-16(13-26)19-23-22-17(24(19)2)14-25-10-4-3-5-11-25/h8-9,16H,3-7,10-14H2,1-2H3/t16-/m1/s1. The van der Waals surface area contributed by atoms with Crippen LogP contribution in [-0.4, -0.2) is 55.8 Å². The third kappa shape index (κ3) is 3.58. The van der Waals surface area contributed by atoms with Crippen LogP contribution in [0.4, 0.5) is 5.82 Å². The van der Waals surface area contributed by atoms with Gasteiger partial charge in [-0.05, 0) is 45.7 Å². The van der Waals surface area contributed by atoms with Crippen molar-refractivity contribution in [1.29, 1.82) is 0 Å². The number of rotatable bonds is 4. The summed E-state index contributed by atoms with van der Waals surface area (Å²) >= 11 is 0. The Bertz CT molecular complexity index is 735. The Labute approximate surface area is 155 Å². The first kappa shape index (κ1) is 17.4. The van der Waals surface area contributed by atoms with Crippen molar-refractivity contribution in [1.82, 2.24) is 29.6 Å². The fourth-order valence-electron chi connectivity index (χ4n) is 4.28. The molecule has 0 bridgehead atoms. The minimum atomic E-state index is 0.401. The third-order valence-corrected chi connectivity index (χ3v) is 5.75. The summed E-state index contributed by atoms with van der Waals surface area (Å²) in [5, 5.41) is 9.10. The van der Waals surface area contributed by atoms with Crippen LogP contribution in [0.25, 0.3) is 0 Å². The summed E-state index contributed by atoms with van der Waals surface area (Å²) < 4.78 is 2.23. The highest BCUT2D eigenvalue weighted by Crippen LogP contribution is 2.29. The zero-order valence-corrected chi connectivity index (χ0v) is 15.9. The first-order valence-electron chi connectivity index (χ1n) is 9.85. The Kier molecular flexibility index (Phi) is 5.15. The van der Waals surface area contributed by atoms with Crippen molar-refractivity contribution >= 4 is 5.82 Å². The average molecular weight is 355 g/mol. The summed E-state index contributed by atoms with van der Waals surface area (Å²) in [6, 6.07) is 0. The Morgan fingerprint density at radius 2 is 1.81 bits per heavy atom. The number of aromatic nitrogens is 5. The van der Waals surface area contributed by atoms with Gasteiger partial charge in [-0.15, -0.1) is 10.2 Å². The van der Waals surface area contributed by atoms with Crippen molar-refractivity contribution < 1.29 is 0 Å². The quantitative estimate of drug-likeness (QED) is 0.838. The summed E-state index contributed by atoms with van der Waals surface area (Å²) in [7, 11) is 2.13. The molecule has 26 heavy (non-hydrogen) atoms. The summed E-state index contributed by atoms with van der Waals surface area (Å²) in [4.78, 5) is 13.8. The lowest BCUT2D eigenvalue weighted by Crippen LogP contribution is -2.36. The van der Waals surface area contributed by atoms with Crippen LogP contribution < -0.4 is 4.90 Å². The molecule has 4 heterocycles. The van der Waals surface area contributed by atoms with E-state index < -0.39 is 0 Å². The number of nitrogens with zero attached hydrogens (tertiary/aromatic N) is 7. The molecule has 0 saturated carbocycles. The van der Waals surface area contributed by atoms with Gasteiger partial charge in [-0.2, -0.15) is 0 Å². The molecule has 0 aromatic carbocycles. The highest BCUT2D eigenvalue weighted by Gasteiger charge is 2.27. The fraction of sp³-hybridized carbons (Fsp3) is 0.684. The molecule has 2 aliphatic rings. The second-order valence-electron chi connectivity index (χ2n) is 7.62. The van der Waals surface area contributed by atoms with E-state index in [0.29, 0.717) is 5.92 Å². The molecule has 0 aliphatic carbocycles. The molecule has 0 spiro atoms. The van der Waals surface area contributed by atoms with Crippen molar-refractivity contribution in [3.63, 3.8) is 0 Å². The van der Waals surface area contributed by atoms with Crippen LogP contribution in [0.3, 0.4) is 0 Å². The van der Waals surface area contributed by atoms with Crippen LogP contribution in [0, 0.1) is 6.92 Å². The normalized spacial score (nSPS) is 21.9. The number of piperidine rings is 2. The zero-order valence-electron chi connectivity index (χ0n) is 15.9. The van der Waals surface area contributed by atoms with Gasteiger partial charge < -0.3 is 9.47 Å². The van der Waals surface area contributed by atoms with Crippen molar-refractivity contribution in [2.75, 3.05) is 31.1 Å². The molecule has 2 aliphatic heterocycles. The topological polar surface area (TPSA) is 63.0 Å². The van der Waals surface area contributed by atoms with Gasteiger partial charge in [0.1, 0.15) is 17.5 Å². The molecular formula is C19H29N7. The van der Waals surface area contributed by atoms with E-state index in [1.54, 1.807) is 12.4 Å². The van der Waals surface area contributed by atoms with Gasteiger partial charge in [0.25, 0.3) is 0 Å². The number of anilines is 1. The van der Waals surface area contributed by atoms with E-state index in [4.69, 9.17) is 0 Å². The number of likely N-dealkylation sites (tertiary alicyclic amines) is 1. The molecule has 4 rings (SSSR count). The number of hydrogen-bond donors (Lipinski definition) is 0. The van der Waals surface area contributed by atoms with E-state index in [1.165, 1.54) is 32.4 Å². The molecule has 7 nitrogen and oxygen atoms in total. The molecule has 1 atom stereocenters. The average Bonchev–Trinajstić information content (AvgIpc) is 3.03. The van der Waals surface area contributed by atoms with Gasteiger partial charge in [-0.3, -0.25) is 9.88 Å². The molecule has 2 saturated heterocycles. The maximum atomic E-state index is 4.58. The van der Waals surface area contributed by atoms with Gasteiger partial charge in [0.2, 0.25) is 0 Å². The second kappa shape index (κ2) is 7.70. The molecule has 0 unspecified atom stereocenters. The van der Waals surface area contributed by atoms with Crippen molar-refractivity contribution in [3.05, 3.63) is 29.7 Å². The predicted octanol–water partition coefficient (Wildman–Crippen LogP) is 2.28. The van der Waals surface area contributed by atoms with Gasteiger partial charge in [0, 0.05) is 38.4 Å². The second-order valence-corrected chi connectivity index (χ2v) is 7.62. The molecule has 2 fully saturated rings. The van der Waals surface area contributed by atoms with Gasteiger partial charge >= 0.3 is 0 Å². The molecule has 0 radical (unpaired) electrons. The molecule has 140 valence electrons. The molecule has 0 amide bonds. The summed E-state index contributed by atoms with van der Waals surface area (Å²) in [6.07, 6.45) is 9.82. The fourth-order valence-corrected chi connectivity index (χ4v) is 4.28. The summed E-state index contributed by atoms with van der Waals surface area (Å²) in [6.45, 7) is 7.30. The van der Waals surface area contributed by atoms with Gasteiger partial charge in [-0.1, -0.05) is 6.42 Å². The van der Waals surface area contributed by atoms with Gasteiger partial charge in [-0.25, -0.2) is 4.98 Å². The van der Waals surface area contributed by atoms with Gasteiger partial charge in [0.05, 0.1) is 12.2 Å². The summed E-state index contributed by atoms with van der Waals surface area (Å²) in [5.41, 5.74) is 0.997. The van der Waals surface area contributed by atoms with Crippen LogP contribution in [0.5, 0.6) is 0 Å². The van der Waals surface area contributed by atoms with E-state index in [2.05, 4.69) is 41.6 Å². The Morgan fingerprint density at radius 3 is 2.62 bits per heavy atom. The van der Waals surface area contributed by atoms with Crippen molar-refractivity contribution in [2.24, 2.45) is 7.05 Å². The minimum absolute atomic E-state index is 0.401. The van der Waals surface area contributed by atoms with Crippen molar-refractivity contribution in [3.8, 4) is 0 Å². The Hall–Kier alpha value is -2.02. The first-order valence-corrected chi connectivity index (χ1v) is 9.85. The van der Waals surface area contributed by atoms with Crippen molar-refractivity contribution in [2.45, 2.75) is 51.5 Å². The van der Waals surface area contributed by atoms with E-state index in [-0.39, 0.29) is 0 Å². The monoisotopic (exact) mass is 355 g/mol. The SMILES string of the molecule is Cc1nccnc1N1CCC[C@@H](c2nnc(CN3CCCCC3)n2C)C1. The smallest absolute Gasteiger partial charge is 0.150 e. The van der Waals surface area contributed by atoms with Crippen LogP contribution in [0.2, 0.25) is 0 Å². The molecule has 2 aromatic rings. The van der Waals surface area contributed by atoms with Gasteiger partial charge in [0.15, 0.2) is 0 Å². The van der Waals surface area contributed by atoms with Crippen LogP contribution in [-0.2, 0) is 13.6 Å². The maximum Gasteiger partial charge on any atom is 0.150 e. The molecule has 7 heteroatoms. The van der Waals surface area contributed by atoms with E-state index >= 15 is 0 Å². The highest BCUT2D eigenvalue weighted by molar-refractivity contribution is 5.43. The largest absolute Gasteiger partial charge is 0.354 e. The lowest BCUT2D eigenvalue weighted by molar-refractivity contribution is 0.213. The van der Waals surface area contributed by atoms with Crippen LogP contribution >= 0.6 is 0 Å². The first-order chi connectivity index (χ1) is 12.7. The van der Waals surface area contributed by atoms with E-state index in [9.17, 15) is 0 Å². The zero-order chi connectivity index (χ0) is 17.9. The van der Waals surface area contributed by atoms with Crippen LogP contribution in [0.15, 0.2) is 12.4 Å². The molecule has 0 N–H and O–H groups in total. The molecule has 2 aromatic heterocycles. The molecular weight excluding hydrogens is 326 g/mol. The predicted molar refractivity (Wildman–Crippen MR) is 101 cm³/mol. The highest BCUT2D eigenvalue weighted by atomic mass is 15.3. The van der Waals surface area contributed by atoms with E-state index in [0.717, 1.165) is 55.6 Å². The Balaban J connectivity index is 1.48. The number of aryl methyl sites for hydroxylation is 1.